The Morgan fingerprint density at radius 3 is 1.17 bits per heavy atom. The molecule has 11 aromatic carbocycles. The molecule has 0 bridgehead atoms. The summed E-state index contributed by atoms with van der Waals surface area (Å²) in [5, 5.41) is 7.59. The SMILES string of the molecule is C(=C\c1ccc(-c2c3ccccc3c(-c3ccc4c(c3)C3(c5ccccc5-c5ccccc53)c3ccccc3-4)c3ccccc23)cc1)/c1ccc(-c2cccc3ccccc23)cc1. The van der Waals surface area contributed by atoms with E-state index in [0.717, 1.165) is 0 Å². The van der Waals surface area contributed by atoms with Gasteiger partial charge >= 0.3 is 0 Å². The highest BCUT2D eigenvalue weighted by Crippen LogP contribution is 2.63. The highest BCUT2D eigenvalue weighted by atomic mass is 14.5. The van der Waals surface area contributed by atoms with Crippen LogP contribution in [0.1, 0.15) is 33.4 Å². The van der Waals surface area contributed by atoms with Crippen LogP contribution >= 0.6 is 0 Å². The summed E-state index contributed by atoms with van der Waals surface area (Å²) >= 11 is 0. The van der Waals surface area contributed by atoms with Crippen LogP contribution in [0, 0.1) is 0 Å². The quantitative estimate of drug-likeness (QED) is 0.120. The first kappa shape index (κ1) is 35.7. The topological polar surface area (TPSA) is 0 Å². The molecule has 0 fully saturated rings. The summed E-state index contributed by atoms with van der Waals surface area (Å²) in [4.78, 5) is 0. The fraction of sp³-hybridized carbons (Fsp3) is 0.0159. The van der Waals surface area contributed by atoms with Gasteiger partial charge in [-0.1, -0.05) is 237 Å². The fourth-order valence-electron chi connectivity index (χ4n) is 11.2. The third-order valence-corrected chi connectivity index (χ3v) is 13.9. The average Bonchev–Trinajstić information content (AvgIpc) is 3.82. The summed E-state index contributed by atoms with van der Waals surface area (Å²) < 4.78 is 0. The first-order valence-electron chi connectivity index (χ1n) is 22.0. The van der Waals surface area contributed by atoms with E-state index in [-0.39, 0.29) is 0 Å². The maximum absolute atomic E-state index is 2.53. The Kier molecular flexibility index (Phi) is 7.92. The van der Waals surface area contributed by atoms with Gasteiger partial charge in [-0.3, -0.25) is 0 Å². The van der Waals surface area contributed by atoms with Gasteiger partial charge in [0.05, 0.1) is 5.41 Å². The molecule has 0 amide bonds. The van der Waals surface area contributed by atoms with Crippen molar-refractivity contribution in [2.45, 2.75) is 5.41 Å². The highest BCUT2D eigenvalue weighted by molar-refractivity contribution is 6.21. The van der Waals surface area contributed by atoms with E-state index >= 15 is 0 Å². The van der Waals surface area contributed by atoms with Gasteiger partial charge in [-0.15, -0.1) is 0 Å². The Morgan fingerprint density at radius 2 is 0.635 bits per heavy atom. The van der Waals surface area contributed by atoms with E-state index in [0.29, 0.717) is 0 Å². The van der Waals surface area contributed by atoms with Crippen molar-refractivity contribution in [1.29, 1.82) is 0 Å². The molecule has 0 aliphatic heterocycles. The number of hydrogen-bond acceptors (Lipinski definition) is 0. The van der Waals surface area contributed by atoms with E-state index in [1.807, 2.05) is 0 Å². The largest absolute Gasteiger partial charge is 0.0725 e. The molecule has 0 heterocycles. The van der Waals surface area contributed by atoms with Crippen LogP contribution in [-0.4, -0.2) is 0 Å². The van der Waals surface area contributed by atoms with Crippen molar-refractivity contribution in [3.8, 4) is 55.6 Å². The van der Waals surface area contributed by atoms with Gasteiger partial charge in [-0.25, -0.2) is 0 Å². The highest BCUT2D eigenvalue weighted by Gasteiger charge is 2.51. The van der Waals surface area contributed by atoms with Gasteiger partial charge in [-0.05, 0) is 127 Å². The molecule has 0 unspecified atom stereocenters. The van der Waals surface area contributed by atoms with Crippen molar-refractivity contribution in [2.24, 2.45) is 0 Å². The molecular weight excluding hydrogens is 757 g/mol. The van der Waals surface area contributed by atoms with Gasteiger partial charge in [0.1, 0.15) is 0 Å². The summed E-state index contributed by atoms with van der Waals surface area (Å²) in [7, 11) is 0. The number of rotatable bonds is 5. The number of hydrogen-bond donors (Lipinski definition) is 0. The van der Waals surface area contributed by atoms with E-state index in [2.05, 4.69) is 243 Å². The lowest BCUT2D eigenvalue weighted by Gasteiger charge is -2.30. The van der Waals surface area contributed by atoms with Gasteiger partial charge in [0.25, 0.3) is 0 Å². The maximum Gasteiger partial charge on any atom is 0.0725 e. The molecule has 2 aliphatic rings. The van der Waals surface area contributed by atoms with Crippen molar-refractivity contribution < 1.29 is 0 Å². The van der Waals surface area contributed by atoms with E-state index in [1.54, 1.807) is 0 Å². The molecule has 0 nitrogen and oxygen atoms in total. The van der Waals surface area contributed by atoms with Gasteiger partial charge in [-0.2, -0.15) is 0 Å². The molecule has 0 atom stereocenters. The van der Waals surface area contributed by atoms with Crippen LogP contribution in [-0.2, 0) is 5.41 Å². The molecule has 63 heavy (non-hydrogen) atoms. The Bertz CT molecular complexity index is 3530. The van der Waals surface area contributed by atoms with E-state index in [4.69, 9.17) is 0 Å². The Labute approximate surface area is 367 Å². The van der Waals surface area contributed by atoms with Crippen LogP contribution in [0.4, 0.5) is 0 Å². The minimum absolute atomic E-state index is 0.391. The van der Waals surface area contributed by atoms with Crippen molar-refractivity contribution in [1.82, 2.24) is 0 Å². The van der Waals surface area contributed by atoms with Gasteiger partial charge in [0.2, 0.25) is 0 Å². The summed E-state index contributed by atoms with van der Waals surface area (Å²) in [5.74, 6) is 0. The Morgan fingerprint density at radius 1 is 0.254 bits per heavy atom. The van der Waals surface area contributed by atoms with Crippen LogP contribution in [0.5, 0.6) is 0 Å². The number of fused-ring (bicyclic) bond motifs is 13. The molecule has 0 radical (unpaired) electrons. The maximum atomic E-state index is 2.53. The lowest BCUT2D eigenvalue weighted by molar-refractivity contribution is 0.794. The summed E-state index contributed by atoms with van der Waals surface area (Å²) in [6.07, 6.45) is 4.43. The van der Waals surface area contributed by atoms with Crippen LogP contribution < -0.4 is 0 Å². The summed E-state index contributed by atoms with van der Waals surface area (Å²) in [5.41, 5.74) is 20.2. The summed E-state index contributed by atoms with van der Waals surface area (Å²) in [6.45, 7) is 0. The number of benzene rings is 11. The first-order chi connectivity index (χ1) is 31.3. The normalized spacial score (nSPS) is 13.1. The van der Waals surface area contributed by atoms with Crippen molar-refractivity contribution in [3.05, 3.63) is 264 Å². The zero-order valence-electron chi connectivity index (χ0n) is 34.6. The van der Waals surface area contributed by atoms with Gasteiger partial charge in [0, 0.05) is 0 Å². The Balaban J connectivity index is 0.908. The lowest BCUT2D eigenvalue weighted by atomic mass is 9.70. The van der Waals surface area contributed by atoms with Crippen molar-refractivity contribution >= 4 is 44.5 Å². The van der Waals surface area contributed by atoms with Crippen molar-refractivity contribution in [3.63, 3.8) is 0 Å². The zero-order chi connectivity index (χ0) is 41.5. The summed E-state index contributed by atoms with van der Waals surface area (Å²) in [6, 6.07) is 85.7. The van der Waals surface area contributed by atoms with Crippen molar-refractivity contribution in [2.75, 3.05) is 0 Å². The van der Waals surface area contributed by atoms with Crippen LogP contribution in [0.15, 0.2) is 231 Å². The molecule has 292 valence electrons. The molecule has 0 heteroatoms. The lowest BCUT2D eigenvalue weighted by Crippen LogP contribution is -2.25. The van der Waals surface area contributed by atoms with Gasteiger partial charge < -0.3 is 0 Å². The monoisotopic (exact) mass is 796 g/mol. The zero-order valence-corrected chi connectivity index (χ0v) is 34.6. The molecule has 0 saturated heterocycles. The third kappa shape index (κ3) is 5.28. The molecule has 13 rings (SSSR count). The molecule has 2 aliphatic carbocycles. The molecule has 1 spiro atoms. The molecule has 0 aromatic heterocycles. The van der Waals surface area contributed by atoms with Gasteiger partial charge in [0.15, 0.2) is 0 Å². The fourth-order valence-corrected chi connectivity index (χ4v) is 11.2. The van der Waals surface area contributed by atoms with E-state index < -0.39 is 5.41 Å². The average molecular weight is 797 g/mol. The van der Waals surface area contributed by atoms with Crippen LogP contribution in [0.25, 0.3) is 100 Å². The molecule has 0 saturated carbocycles. The predicted molar refractivity (Wildman–Crippen MR) is 267 cm³/mol. The minimum atomic E-state index is -0.391. The molecular formula is C63H40. The second kappa shape index (κ2) is 14.0. The second-order valence-corrected chi connectivity index (χ2v) is 17.1. The van der Waals surface area contributed by atoms with E-state index in [9.17, 15) is 0 Å². The van der Waals surface area contributed by atoms with Crippen LogP contribution in [0.3, 0.4) is 0 Å². The first-order valence-corrected chi connectivity index (χ1v) is 22.0. The third-order valence-electron chi connectivity index (χ3n) is 13.9. The molecule has 11 aromatic rings. The van der Waals surface area contributed by atoms with E-state index in [1.165, 1.54) is 121 Å². The smallest absolute Gasteiger partial charge is 0.0619 e. The predicted octanol–water partition coefficient (Wildman–Crippen LogP) is 16.7. The van der Waals surface area contributed by atoms with Crippen LogP contribution in [0.2, 0.25) is 0 Å². The second-order valence-electron chi connectivity index (χ2n) is 17.1. The Hall–Kier alpha value is -8.06. The minimum Gasteiger partial charge on any atom is -0.0619 e. The molecule has 0 N–H and O–H groups in total. The standard InChI is InChI=1S/C63H40/c1-2-16-47-43(14-1)15-13-24-48(47)44-34-30-41(31-35-44)28-29-42-32-36-45(37-33-42)61-53-20-3-5-22-55(53)62(56-23-6-4-21-54(56)61)46-38-39-52-51-19-9-12-27-59(51)63(60(52)40-46)57-25-10-7-17-49(57)50-18-8-11-26-58(50)63/h1-40H/b29-28+.